The van der Waals surface area contributed by atoms with E-state index in [1.807, 2.05) is 109 Å². The molecule has 56 heavy (non-hydrogen) atoms. The number of rotatable bonds is 7. The minimum atomic E-state index is -1.44. The minimum Gasteiger partial charge on any atom is -0.503 e. The fraction of sp³-hybridized carbons (Fsp3) is 0.191. The number of imide groups is 1. The summed E-state index contributed by atoms with van der Waals surface area (Å²) >= 11 is 6.68. The van der Waals surface area contributed by atoms with Gasteiger partial charge in [-0.3, -0.25) is 24.1 Å². The van der Waals surface area contributed by atoms with Gasteiger partial charge in [-0.05, 0) is 90.1 Å². The highest BCUT2D eigenvalue weighted by molar-refractivity contribution is 6.33. The number of hydrogen-bond acceptors (Lipinski definition) is 7. The van der Waals surface area contributed by atoms with E-state index in [1.165, 1.54) is 18.1 Å². The molecule has 6 atom stereocenters. The summed E-state index contributed by atoms with van der Waals surface area (Å²) in [6.07, 6.45) is 3.92. The van der Waals surface area contributed by atoms with Crippen LogP contribution in [0, 0.1) is 23.7 Å². The largest absolute Gasteiger partial charge is 0.503 e. The molecule has 3 aliphatic carbocycles. The van der Waals surface area contributed by atoms with Crippen molar-refractivity contribution in [2.45, 2.75) is 24.2 Å². The predicted molar refractivity (Wildman–Crippen MR) is 215 cm³/mol. The highest BCUT2D eigenvalue weighted by Crippen LogP contribution is 2.64. The second-order valence-corrected chi connectivity index (χ2v) is 15.3. The van der Waals surface area contributed by atoms with Gasteiger partial charge >= 0.3 is 0 Å². The molecule has 1 saturated carbocycles. The third kappa shape index (κ3) is 5.42. The number of hydrogen-bond donors (Lipinski definition) is 2. The molecule has 2 amide bonds. The quantitative estimate of drug-likeness (QED) is 0.126. The molecule has 2 N–H and O–H groups in total. The first-order chi connectivity index (χ1) is 27.2. The molecule has 0 radical (unpaired) electrons. The van der Waals surface area contributed by atoms with E-state index < -0.39 is 35.0 Å². The monoisotopic (exact) mass is 760 g/mol. The van der Waals surface area contributed by atoms with Crippen molar-refractivity contribution in [3.05, 3.63) is 167 Å². The number of amides is 2. The van der Waals surface area contributed by atoms with E-state index in [-0.39, 0.29) is 52.7 Å². The van der Waals surface area contributed by atoms with Crippen LogP contribution in [0.2, 0.25) is 5.02 Å². The van der Waals surface area contributed by atoms with Gasteiger partial charge in [-0.25, -0.2) is 0 Å². The van der Waals surface area contributed by atoms with Crippen LogP contribution in [-0.4, -0.2) is 35.6 Å². The van der Waals surface area contributed by atoms with Gasteiger partial charge in [-0.1, -0.05) is 102 Å². The molecular weight excluding hydrogens is 724 g/mol. The molecule has 4 aliphatic rings. The lowest BCUT2D eigenvalue weighted by atomic mass is 9.44. The molecule has 0 bridgehead atoms. The lowest BCUT2D eigenvalue weighted by molar-refractivity contribution is -0.135. The third-order valence-corrected chi connectivity index (χ3v) is 12.5. The zero-order chi connectivity index (χ0) is 38.7. The Balaban J connectivity index is 1.19. The summed E-state index contributed by atoms with van der Waals surface area (Å²) in [7, 11) is 1.42. The first-order valence-electron chi connectivity index (χ1n) is 18.7. The number of allylic oxidation sites excluding steroid dienone is 4. The van der Waals surface area contributed by atoms with Gasteiger partial charge in [0.1, 0.15) is 0 Å². The summed E-state index contributed by atoms with van der Waals surface area (Å²) in [4.78, 5) is 60.8. The molecule has 8 nitrogen and oxygen atoms in total. The molecule has 1 saturated heterocycles. The van der Waals surface area contributed by atoms with Crippen LogP contribution < -0.4 is 15.0 Å². The average Bonchev–Trinajstić information content (AvgIpc) is 3.49. The number of nitrogens with one attached hydrogen (secondary N) is 1. The van der Waals surface area contributed by atoms with Gasteiger partial charge in [-0.15, -0.1) is 0 Å². The molecule has 0 unspecified atom stereocenters. The van der Waals surface area contributed by atoms with Crippen molar-refractivity contribution in [3.8, 4) is 11.5 Å². The Bertz CT molecular complexity index is 2470. The fourth-order valence-electron chi connectivity index (χ4n) is 9.80. The molecule has 1 aliphatic heterocycles. The van der Waals surface area contributed by atoms with Crippen molar-refractivity contribution in [1.82, 2.24) is 0 Å². The van der Waals surface area contributed by atoms with Crippen LogP contribution in [0.3, 0.4) is 0 Å². The molecule has 2 fully saturated rings. The van der Waals surface area contributed by atoms with Gasteiger partial charge in [-0.2, -0.15) is 0 Å². The number of para-hydroxylation sites is 1. The van der Waals surface area contributed by atoms with Crippen LogP contribution in [0.1, 0.15) is 35.4 Å². The molecule has 0 spiro atoms. The van der Waals surface area contributed by atoms with Crippen LogP contribution >= 0.6 is 11.6 Å². The number of fused-ring (bicyclic) bond motifs is 4. The number of Topliss-reactive ketones (excluding diaryl/α,β-unsaturated/α-hetero) is 1. The number of benzene rings is 5. The van der Waals surface area contributed by atoms with Crippen molar-refractivity contribution in [2.75, 3.05) is 17.3 Å². The molecule has 5 aromatic rings. The summed E-state index contributed by atoms with van der Waals surface area (Å²) in [5, 5.41) is 14.2. The van der Waals surface area contributed by atoms with Gasteiger partial charge in [0.2, 0.25) is 11.8 Å². The highest BCUT2D eigenvalue weighted by Gasteiger charge is 2.66. The Labute approximate surface area is 329 Å². The van der Waals surface area contributed by atoms with E-state index >= 15 is 9.59 Å². The first kappa shape index (κ1) is 35.5. The topological polar surface area (TPSA) is 113 Å². The summed E-state index contributed by atoms with van der Waals surface area (Å²) in [5.41, 5.74) is 3.68. The average molecular weight is 761 g/mol. The lowest BCUT2D eigenvalue weighted by Crippen LogP contribution is -2.58. The molecule has 1 heterocycles. The van der Waals surface area contributed by atoms with E-state index in [0.717, 1.165) is 16.9 Å². The Morgan fingerprint density at radius 3 is 2.11 bits per heavy atom. The summed E-state index contributed by atoms with van der Waals surface area (Å²) in [6.45, 7) is 0. The number of halogens is 1. The number of aromatic hydroxyl groups is 1. The van der Waals surface area contributed by atoms with E-state index in [4.69, 9.17) is 16.3 Å². The molecule has 9 heteroatoms. The van der Waals surface area contributed by atoms with Crippen LogP contribution in [0.5, 0.6) is 11.5 Å². The number of carbonyl (C=O) groups excluding carboxylic acids is 4. The van der Waals surface area contributed by atoms with Crippen molar-refractivity contribution < 1.29 is 29.0 Å². The predicted octanol–water partition coefficient (Wildman–Crippen LogP) is 8.83. The number of anilines is 3. The second kappa shape index (κ2) is 13.8. The lowest BCUT2D eigenvalue weighted by Gasteiger charge is -2.55. The number of nitrogens with zero attached hydrogens (tertiary/aromatic N) is 1. The zero-order valence-electron chi connectivity index (χ0n) is 30.4. The Morgan fingerprint density at radius 2 is 1.43 bits per heavy atom. The van der Waals surface area contributed by atoms with Gasteiger partial charge < -0.3 is 15.2 Å². The van der Waals surface area contributed by atoms with Crippen LogP contribution in [0.15, 0.2) is 145 Å². The zero-order valence-corrected chi connectivity index (χ0v) is 31.1. The van der Waals surface area contributed by atoms with Crippen molar-refractivity contribution in [3.63, 3.8) is 0 Å². The summed E-state index contributed by atoms with van der Waals surface area (Å²) in [5.74, 6) is -4.92. The first-order valence-corrected chi connectivity index (χ1v) is 19.1. The third-order valence-electron chi connectivity index (χ3n) is 12.2. The number of phenolic OH excluding ortho intramolecular Hbond substituents is 1. The molecule has 0 aromatic heterocycles. The molecule has 278 valence electrons. The smallest absolute Gasteiger partial charge is 0.238 e. The van der Waals surface area contributed by atoms with Crippen molar-refractivity contribution in [1.29, 1.82) is 0 Å². The van der Waals surface area contributed by atoms with Crippen LogP contribution in [0.25, 0.3) is 5.57 Å². The van der Waals surface area contributed by atoms with Crippen molar-refractivity contribution >= 4 is 57.6 Å². The SMILES string of the molecule is COc1cc([C@H]2C3=CC[C@@H]4C(=O)N(c5ccc(Nc6ccccc6)cc5)C(=O)[C@@H]4[C@@H]3C[C@H]3C(=O)C(c4ccccc4)=CC(=O)[C@@]23c2ccccc2)cc(Cl)c1O. The minimum absolute atomic E-state index is 0.0223. The number of methoxy groups -OCH3 is 1. The van der Waals surface area contributed by atoms with Crippen LogP contribution in [-0.2, 0) is 24.6 Å². The Hall–Kier alpha value is -6.25. The maximum atomic E-state index is 15.3. The maximum absolute atomic E-state index is 15.3. The van der Waals surface area contributed by atoms with Gasteiger partial charge in [0.15, 0.2) is 23.1 Å². The molecular formula is C47H37ClN2O6. The van der Waals surface area contributed by atoms with Crippen molar-refractivity contribution in [2.24, 2.45) is 23.7 Å². The normalized spacial score (nSPS) is 25.5. The van der Waals surface area contributed by atoms with E-state index in [2.05, 4.69) is 5.32 Å². The maximum Gasteiger partial charge on any atom is 0.238 e. The van der Waals surface area contributed by atoms with Gasteiger partial charge in [0.25, 0.3) is 0 Å². The van der Waals surface area contributed by atoms with Crippen LogP contribution in [0.4, 0.5) is 17.1 Å². The molecule has 5 aromatic carbocycles. The van der Waals surface area contributed by atoms with Gasteiger partial charge in [0, 0.05) is 28.8 Å². The highest BCUT2D eigenvalue weighted by atomic mass is 35.5. The number of ketones is 2. The second-order valence-electron chi connectivity index (χ2n) is 14.9. The number of ether oxygens (including phenoxy) is 1. The van der Waals surface area contributed by atoms with E-state index in [9.17, 15) is 14.7 Å². The Morgan fingerprint density at radius 1 is 0.786 bits per heavy atom. The van der Waals surface area contributed by atoms with Gasteiger partial charge in [0.05, 0.1) is 35.1 Å². The summed E-state index contributed by atoms with van der Waals surface area (Å²) in [6, 6.07) is 38.7. The molecule has 9 rings (SSSR count). The Kier molecular flexibility index (Phi) is 8.74. The number of carbonyl (C=O) groups is 4. The standard InChI is InChI=1S/C47H37ClN2O6/c1-56-39-24-28(23-38(48)44(39)53)42-33-21-22-34-41(46(55)50(45(34)54)32-19-17-31(18-20-32)49-30-15-9-4-10-16-30)36(33)25-37-43(52)35(27-11-5-2-6-12-27)26-40(51)47(37,42)29-13-7-3-8-14-29/h2-21,23-24,26,34,36-37,41-42,49,53H,22,25H2,1H3/t34-,36+,37-,41-,42-,47-/m0/s1. The summed E-state index contributed by atoms with van der Waals surface area (Å²) < 4.78 is 5.57. The van der Waals surface area contributed by atoms with E-state index in [0.29, 0.717) is 28.0 Å². The van der Waals surface area contributed by atoms with E-state index in [1.54, 1.807) is 24.3 Å². The fourth-order valence-corrected chi connectivity index (χ4v) is 10.0. The number of phenols is 1.